The summed E-state index contributed by atoms with van der Waals surface area (Å²) in [4.78, 5) is 48.3. The summed E-state index contributed by atoms with van der Waals surface area (Å²) in [6.45, 7) is 3.45. The summed E-state index contributed by atoms with van der Waals surface area (Å²) >= 11 is 0. The van der Waals surface area contributed by atoms with Crippen molar-refractivity contribution in [2.45, 2.75) is 26.3 Å². The molecule has 0 bridgehead atoms. The van der Waals surface area contributed by atoms with Gasteiger partial charge in [0.1, 0.15) is 16.9 Å². The number of carbonyl (C=O) groups is 1. The second-order valence-electron chi connectivity index (χ2n) is 10.2. The molecule has 0 unspecified atom stereocenters. The predicted molar refractivity (Wildman–Crippen MR) is 157 cm³/mol. The minimum Gasteiger partial charge on any atom is -0.452 e. The van der Waals surface area contributed by atoms with E-state index >= 15 is 4.39 Å². The molecule has 0 fully saturated rings. The summed E-state index contributed by atoms with van der Waals surface area (Å²) in [5, 5.41) is 4.25. The van der Waals surface area contributed by atoms with Gasteiger partial charge < -0.3 is 4.74 Å². The van der Waals surface area contributed by atoms with Gasteiger partial charge in [0.25, 0.3) is 5.56 Å². The molecule has 10 nitrogen and oxygen atoms in total. The first-order valence-electron chi connectivity index (χ1n) is 13.6. The fourth-order valence-electron chi connectivity index (χ4n) is 4.74. The third-order valence-corrected chi connectivity index (χ3v) is 6.93. The number of ether oxygens (including phenoxy) is 1. The zero-order valence-electron chi connectivity index (χ0n) is 23.5. The van der Waals surface area contributed by atoms with Crippen LogP contribution in [0.15, 0.2) is 101 Å². The summed E-state index contributed by atoms with van der Waals surface area (Å²) < 4.78 is 38.4. The monoisotopic (exact) mass is 594 g/mol. The Morgan fingerprint density at radius 1 is 0.909 bits per heavy atom. The lowest BCUT2D eigenvalue weighted by molar-refractivity contribution is 0.0990. The van der Waals surface area contributed by atoms with Crippen LogP contribution < -0.4 is 16.0 Å². The molecule has 6 aromatic rings. The normalized spacial score (nSPS) is 11.3. The van der Waals surface area contributed by atoms with Crippen molar-refractivity contribution in [2.24, 2.45) is 0 Å². The number of hydrogen-bond donors (Lipinski definition) is 0. The predicted octanol–water partition coefficient (Wildman–Crippen LogP) is 5.18. The van der Waals surface area contributed by atoms with Crippen LogP contribution in [0, 0.1) is 11.6 Å². The summed E-state index contributed by atoms with van der Waals surface area (Å²) in [6.07, 6.45) is 7.41. The van der Waals surface area contributed by atoms with Gasteiger partial charge in [-0.05, 0) is 74.0 Å². The minimum absolute atomic E-state index is 0.0950. The lowest BCUT2D eigenvalue weighted by atomic mass is 10.0. The molecule has 0 saturated carbocycles. The van der Waals surface area contributed by atoms with Crippen LogP contribution in [0.2, 0.25) is 0 Å². The number of aromatic nitrogens is 6. The summed E-state index contributed by atoms with van der Waals surface area (Å²) in [5.41, 5.74) is -0.183. The molecule has 4 heterocycles. The fraction of sp³-hybridized carbons (Fsp3) is 0.125. The summed E-state index contributed by atoms with van der Waals surface area (Å²) in [7, 11) is 0. The molecule has 44 heavy (non-hydrogen) atoms. The first-order chi connectivity index (χ1) is 21.2. The highest BCUT2D eigenvalue weighted by atomic mass is 19.1. The standard InChI is InChI=1S/C32H24F2N6O4/c1-19(2)38-18-24(31(42)40(32(38)43)23-7-5-22(33)6-8-23)27(41)15-20-4-9-28(25(34)14-20)44-29-16-21(30-35-11-3-12-36-30)17-39-26(29)10-13-37-39/h3-14,16-19H,15H2,1-2H3. The van der Waals surface area contributed by atoms with Crippen LogP contribution >= 0.6 is 0 Å². The van der Waals surface area contributed by atoms with Gasteiger partial charge in [0.2, 0.25) is 0 Å². The Kier molecular flexibility index (Phi) is 7.39. The van der Waals surface area contributed by atoms with Gasteiger partial charge in [-0.1, -0.05) is 6.07 Å². The third kappa shape index (κ3) is 5.40. The van der Waals surface area contributed by atoms with Gasteiger partial charge in [-0.3, -0.25) is 14.2 Å². The lowest BCUT2D eigenvalue weighted by Gasteiger charge is -2.15. The molecule has 0 aliphatic carbocycles. The van der Waals surface area contributed by atoms with Crippen molar-refractivity contribution in [1.82, 2.24) is 28.7 Å². The van der Waals surface area contributed by atoms with Crippen LogP contribution in [0.5, 0.6) is 11.5 Å². The van der Waals surface area contributed by atoms with Crippen molar-refractivity contribution >= 4 is 11.3 Å². The van der Waals surface area contributed by atoms with Crippen LogP contribution in [0.4, 0.5) is 8.78 Å². The molecule has 0 atom stereocenters. The Labute approximate surface area is 248 Å². The van der Waals surface area contributed by atoms with Crippen LogP contribution in [-0.4, -0.2) is 34.5 Å². The first kappa shape index (κ1) is 28.3. The maximum Gasteiger partial charge on any atom is 0.335 e. The highest BCUT2D eigenvalue weighted by Crippen LogP contribution is 2.32. The van der Waals surface area contributed by atoms with E-state index in [2.05, 4.69) is 15.1 Å². The molecule has 6 rings (SSSR count). The van der Waals surface area contributed by atoms with Crippen molar-refractivity contribution < 1.29 is 18.3 Å². The van der Waals surface area contributed by atoms with E-state index in [0.717, 1.165) is 22.8 Å². The summed E-state index contributed by atoms with van der Waals surface area (Å²) in [5.74, 6) is -1.24. The van der Waals surface area contributed by atoms with Crippen molar-refractivity contribution in [3.8, 4) is 28.6 Å². The van der Waals surface area contributed by atoms with E-state index in [1.807, 2.05) is 0 Å². The van der Waals surface area contributed by atoms with E-state index in [1.54, 1.807) is 61.3 Å². The smallest absolute Gasteiger partial charge is 0.335 e. The maximum absolute atomic E-state index is 15.3. The number of ketones is 1. The number of halogens is 2. The number of pyridine rings is 1. The molecule has 0 radical (unpaired) electrons. The van der Waals surface area contributed by atoms with Crippen LogP contribution in [0.1, 0.15) is 35.8 Å². The van der Waals surface area contributed by atoms with E-state index in [-0.39, 0.29) is 35.0 Å². The molecule has 4 aromatic heterocycles. The topological polar surface area (TPSA) is 113 Å². The molecule has 2 aromatic carbocycles. The molecule has 0 N–H and O–H groups in total. The lowest BCUT2D eigenvalue weighted by Crippen LogP contribution is -2.42. The Morgan fingerprint density at radius 3 is 2.36 bits per heavy atom. The molecule has 220 valence electrons. The minimum atomic E-state index is -0.851. The number of nitrogens with zero attached hydrogens (tertiary/aromatic N) is 6. The van der Waals surface area contributed by atoms with Gasteiger partial charge in [-0.15, -0.1) is 0 Å². The Bertz CT molecular complexity index is 2140. The van der Waals surface area contributed by atoms with Crippen LogP contribution in [0.25, 0.3) is 22.6 Å². The number of fused-ring (bicyclic) bond motifs is 1. The highest BCUT2D eigenvalue weighted by Gasteiger charge is 2.21. The van der Waals surface area contributed by atoms with Crippen LogP contribution in [-0.2, 0) is 6.42 Å². The number of carbonyl (C=O) groups excluding carboxylic acids is 1. The third-order valence-electron chi connectivity index (χ3n) is 6.93. The molecule has 0 aliphatic rings. The quantitative estimate of drug-likeness (QED) is 0.223. The zero-order chi connectivity index (χ0) is 31.0. The average Bonchev–Trinajstić information content (AvgIpc) is 3.49. The van der Waals surface area contributed by atoms with Crippen molar-refractivity contribution in [3.05, 3.63) is 135 Å². The summed E-state index contributed by atoms with van der Waals surface area (Å²) in [6, 6.07) is 13.6. The van der Waals surface area contributed by atoms with Crippen molar-refractivity contribution in [2.75, 3.05) is 0 Å². The fourth-order valence-corrected chi connectivity index (χ4v) is 4.74. The van der Waals surface area contributed by atoms with E-state index in [1.165, 1.54) is 35.0 Å². The largest absolute Gasteiger partial charge is 0.452 e. The number of hydrogen-bond acceptors (Lipinski definition) is 7. The molecular weight excluding hydrogens is 570 g/mol. The van der Waals surface area contributed by atoms with Gasteiger partial charge in [-0.25, -0.2) is 32.6 Å². The molecule has 0 amide bonds. The number of Topliss-reactive ketones (excluding diaryl/α,β-unsaturated/α-hetero) is 1. The Morgan fingerprint density at radius 2 is 1.66 bits per heavy atom. The van der Waals surface area contributed by atoms with Gasteiger partial charge in [-0.2, -0.15) is 5.10 Å². The molecule has 0 spiro atoms. The van der Waals surface area contributed by atoms with Gasteiger partial charge in [0, 0.05) is 42.8 Å². The Balaban J connectivity index is 1.30. The van der Waals surface area contributed by atoms with E-state index < -0.39 is 28.7 Å². The SMILES string of the molecule is CC(C)n1cc(C(=O)Cc2ccc(Oc3cc(-c4ncccn4)cn4nccc34)c(F)c2)c(=O)n(-c2ccc(F)cc2)c1=O. The molecule has 12 heteroatoms. The first-order valence-corrected chi connectivity index (χ1v) is 13.6. The number of benzene rings is 2. The second-order valence-corrected chi connectivity index (χ2v) is 10.2. The second kappa shape index (κ2) is 11.5. The van der Waals surface area contributed by atoms with Crippen molar-refractivity contribution in [3.63, 3.8) is 0 Å². The highest BCUT2D eigenvalue weighted by molar-refractivity contribution is 5.97. The van der Waals surface area contributed by atoms with Gasteiger partial charge in [0.15, 0.2) is 28.9 Å². The molecular formula is C32H24F2N6O4. The van der Waals surface area contributed by atoms with Crippen LogP contribution in [0.3, 0.4) is 0 Å². The zero-order valence-corrected chi connectivity index (χ0v) is 23.5. The Hall–Kier alpha value is -5.78. The molecule has 0 saturated heterocycles. The van der Waals surface area contributed by atoms with Gasteiger partial charge >= 0.3 is 5.69 Å². The average molecular weight is 595 g/mol. The maximum atomic E-state index is 15.3. The van der Waals surface area contributed by atoms with E-state index in [4.69, 9.17) is 4.74 Å². The van der Waals surface area contributed by atoms with Gasteiger partial charge in [0.05, 0.1) is 11.9 Å². The van der Waals surface area contributed by atoms with E-state index in [9.17, 15) is 18.8 Å². The van der Waals surface area contributed by atoms with E-state index in [0.29, 0.717) is 22.7 Å². The van der Waals surface area contributed by atoms with Crippen molar-refractivity contribution in [1.29, 1.82) is 0 Å². The number of rotatable bonds is 8. The molecule has 0 aliphatic heterocycles.